The molecule has 8 heteroatoms. The standard InChI is InChI=1S/C22H23FN6O/c23-17-10-14(6-7-15(17)12-25-9-3-8-24)16-13-26-21(11-20(16)30)29-22-27-18-4-1-2-5-19(18)28-22/h1-2,4-7,10-11,13,25H,3,8-9,12,24H2,(H3,26,27,28,29,30). The molecule has 2 aromatic heterocycles. The fourth-order valence-electron chi connectivity index (χ4n) is 3.22. The van der Waals surface area contributed by atoms with E-state index in [1.54, 1.807) is 18.3 Å². The molecule has 0 aliphatic carbocycles. The number of halogens is 1. The van der Waals surface area contributed by atoms with Crippen molar-refractivity contribution in [2.45, 2.75) is 13.0 Å². The third-order valence-electron chi connectivity index (χ3n) is 4.79. The second-order valence-corrected chi connectivity index (χ2v) is 6.98. The number of imidazole rings is 1. The van der Waals surface area contributed by atoms with E-state index in [4.69, 9.17) is 5.73 Å². The topological polar surface area (TPSA) is 112 Å². The van der Waals surface area contributed by atoms with Crippen molar-refractivity contribution in [1.29, 1.82) is 0 Å². The maximum Gasteiger partial charge on any atom is 0.206 e. The summed E-state index contributed by atoms with van der Waals surface area (Å²) in [6, 6.07) is 13.9. The van der Waals surface area contributed by atoms with Gasteiger partial charge in [0.15, 0.2) is 5.43 Å². The number of H-pyrrole nitrogens is 2. The molecule has 0 unspecified atom stereocenters. The van der Waals surface area contributed by atoms with Crippen LogP contribution < -0.4 is 21.8 Å². The molecule has 0 bridgehead atoms. The minimum absolute atomic E-state index is 0.222. The van der Waals surface area contributed by atoms with Gasteiger partial charge in [-0.25, -0.2) is 9.37 Å². The Bertz CT molecular complexity index is 1180. The molecule has 0 saturated heterocycles. The minimum atomic E-state index is -0.350. The van der Waals surface area contributed by atoms with Crippen LogP contribution in [0.1, 0.15) is 12.0 Å². The maximum absolute atomic E-state index is 14.4. The second kappa shape index (κ2) is 8.89. The quantitative estimate of drug-likeness (QED) is 0.289. The largest absolute Gasteiger partial charge is 0.347 e. The van der Waals surface area contributed by atoms with Gasteiger partial charge in [-0.05, 0) is 43.3 Å². The maximum atomic E-state index is 14.4. The Hall–Kier alpha value is -3.49. The van der Waals surface area contributed by atoms with Crippen molar-refractivity contribution in [3.63, 3.8) is 0 Å². The van der Waals surface area contributed by atoms with Crippen LogP contribution in [0, 0.1) is 5.82 Å². The van der Waals surface area contributed by atoms with Gasteiger partial charge < -0.3 is 26.3 Å². The lowest BCUT2D eigenvalue weighted by Crippen LogP contribution is -2.18. The molecule has 0 spiro atoms. The monoisotopic (exact) mass is 406 g/mol. The molecular weight excluding hydrogens is 383 g/mol. The molecule has 4 rings (SSSR count). The summed E-state index contributed by atoms with van der Waals surface area (Å²) in [5, 5.41) is 6.20. The first-order chi connectivity index (χ1) is 14.6. The number of fused-ring (bicyclic) bond motifs is 1. The number of benzene rings is 2. The summed E-state index contributed by atoms with van der Waals surface area (Å²) in [6.07, 6.45) is 2.41. The normalized spacial score (nSPS) is 11.1. The average Bonchev–Trinajstić information content (AvgIpc) is 3.14. The fourth-order valence-corrected chi connectivity index (χ4v) is 3.22. The molecular formula is C22H23FN6O. The van der Waals surface area contributed by atoms with Gasteiger partial charge >= 0.3 is 0 Å². The predicted molar refractivity (Wildman–Crippen MR) is 117 cm³/mol. The molecule has 2 aromatic carbocycles. The molecule has 0 saturated carbocycles. The lowest BCUT2D eigenvalue weighted by Gasteiger charge is -2.08. The number of para-hydroxylation sites is 2. The van der Waals surface area contributed by atoms with E-state index in [0.29, 0.717) is 41.5 Å². The molecule has 0 atom stereocenters. The number of nitrogens with zero attached hydrogens (tertiary/aromatic N) is 1. The molecule has 2 heterocycles. The fraction of sp³-hybridized carbons (Fsp3) is 0.182. The second-order valence-electron chi connectivity index (χ2n) is 6.98. The summed E-state index contributed by atoms with van der Waals surface area (Å²) in [5.74, 6) is 0.665. The van der Waals surface area contributed by atoms with Gasteiger partial charge in [-0.1, -0.05) is 24.3 Å². The van der Waals surface area contributed by atoms with Crippen LogP contribution in [0.15, 0.2) is 59.5 Å². The lowest BCUT2D eigenvalue weighted by atomic mass is 10.0. The van der Waals surface area contributed by atoms with E-state index in [1.807, 2.05) is 24.3 Å². The van der Waals surface area contributed by atoms with Crippen LogP contribution in [0.2, 0.25) is 0 Å². The van der Waals surface area contributed by atoms with E-state index in [-0.39, 0.29) is 11.2 Å². The highest BCUT2D eigenvalue weighted by atomic mass is 19.1. The first-order valence-electron chi connectivity index (χ1n) is 9.78. The van der Waals surface area contributed by atoms with Gasteiger partial charge in [0.2, 0.25) is 5.95 Å². The number of anilines is 2. The van der Waals surface area contributed by atoms with E-state index < -0.39 is 0 Å². The Morgan fingerprint density at radius 1 is 1.13 bits per heavy atom. The molecule has 4 aromatic rings. The average molecular weight is 406 g/mol. The number of aromatic amines is 2. The van der Waals surface area contributed by atoms with Crippen LogP contribution in [0.5, 0.6) is 0 Å². The smallest absolute Gasteiger partial charge is 0.206 e. The van der Waals surface area contributed by atoms with Crippen LogP contribution >= 0.6 is 0 Å². The van der Waals surface area contributed by atoms with Gasteiger partial charge in [0.25, 0.3) is 0 Å². The number of nitrogens with two attached hydrogens (primary N) is 1. The number of nitrogens with one attached hydrogen (secondary N) is 4. The van der Waals surface area contributed by atoms with Crippen molar-refractivity contribution in [2.24, 2.45) is 5.73 Å². The Morgan fingerprint density at radius 3 is 2.77 bits per heavy atom. The molecule has 6 N–H and O–H groups in total. The molecule has 30 heavy (non-hydrogen) atoms. The van der Waals surface area contributed by atoms with Crippen molar-refractivity contribution >= 4 is 22.8 Å². The lowest BCUT2D eigenvalue weighted by molar-refractivity contribution is 0.583. The van der Waals surface area contributed by atoms with Gasteiger partial charge in [-0.2, -0.15) is 0 Å². The zero-order chi connectivity index (χ0) is 20.9. The molecule has 0 fully saturated rings. The van der Waals surface area contributed by atoms with Gasteiger partial charge in [-0.15, -0.1) is 0 Å². The molecule has 0 aliphatic rings. The SMILES string of the molecule is NCCCNCc1ccc(-c2c[nH]c(Nc3nc4ccccc4[nH]3)cc2=O)cc1F. The van der Waals surface area contributed by atoms with Crippen LogP contribution in [0.3, 0.4) is 0 Å². The molecule has 0 radical (unpaired) electrons. The third-order valence-corrected chi connectivity index (χ3v) is 4.79. The van der Waals surface area contributed by atoms with E-state index in [0.717, 1.165) is 24.0 Å². The zero-order valence-electron chi connectivity index (χ0n) is 16.3. The van der Waals surface area contributed by atoms with Gasteiger partial charge in [0.1, 0.15) is 11.6 Å². The predicted octanol–water partition coefficient (Wildman–Crippen LogP) is 3.24. The van der Waals surface area contributed by atoms with E-state index in [2.05, 4.69) is 25.6 Å². The van der Waals surface area contributed by atoms with E-state index in [1.165, 1.54) is 12.1 Å². The number of rotatable bonds is 8. The Kier molecular flexibility index (Phi) is 5.87. The van der Waals surface area contributed by atoms with E-state index in [9.17, 15) is 9.18 Å². The molecule has 7 nitrogen and oxygen atoms in total. The molecule has 0 aliphatic heterocycles. The van der Waals surface area contributed by atoms with Gasteiger partial charge in [-0.3, -0.25) is 4.79 Å². The van der Waals surface area contributed by atoms with Crippen LogP contribution in [0.25, 0.3) is 22.2 Å². The van der Waals surface area contributed by atoms with Gasteiger partial charge in [0.05, 0.1) is 11.0 Å². The summed E-state index contributed by atoms with van der Waals surface area (Å²) >= 11 is 0. The molecule has 0 amide bonds. The third kappa shape index (κ3) is 4.40. The van der Waals surface area contributed by atoms with Crippen molar-refractivity contribution in [1.82, 2.24) is 20.3 Å². The van der Waals surface area contributed by atoms with Gasteiger partial charge in [0, 0.05) is 29.9 Å². The summed E-state index contributed by atoms with van der Waals surface area (Å²) in [5.41, 5.74) is 8.42. The van der Waals surface area contributed by atoms with Crippen LogP contribution in [-0.2, 0) is 6.54 Å². The zero-order valence-corrected chi connectivity index (χ0v) is 16.3. The first-order valence-corrected chi connectivity index (χ1v) is 9.78. The van der Waals surface area contributed by atoms with Crippen molar-refractivity contribution in [2.75, 3.05) is 18.4 Å². The van der Waals surface area contributed by atoms with E-state index >= 15 is 0 Å². The highest BCUT2D eigenvalue weighted by Gasteiger charge is 2.10. The number of hydrogen-bond donors (Lipinski definition) is 5. The Labute approximate surface area is 172 Å². The number of hydrogen-bond acceptors (Lipinski definition) is 5. The molecule has 154 valence electrons. The van der Waals surface area contributed by atoms with Crippen molar-refractivity contribution in [3.05, 3.63) is 76.3 Å². The Balaban J connectivity index is 1.50. The number of pyridine rings is 1. The Morgan fingerprint density at radius 2 is 2.00 bits per heavy atom. The highest BCUT2D eigenvalue weighted by molar-refractivity contribution is 5.78. The van der Waals surface area contributed by atoms with Crippen LogP contribution in [0.4, 0.5) is 16.2 Å². The highest BCUT2D eigenvalue weighted by Crippen LogP contribution is 2.21. The summed E-state index contributed by atoms with van der Waals surface area (Å²) < 4.78 is 14.4. The summed E-state index contributed by atoms with van der Waals surface area (Å²) in [7, 11) is 0. The summed E-state index contributed by atoms with van der Waals surface area (Å²) in [4.78, 5) is 23.2. The van der Waals surface area contributed by atoms with Crippen molar-refractivity contribution in [3.8, 4) is 11.1 Å². The minimum Gasteiger partial charge on any atom is -0.347 e. The number of aromatic nitrogens is 3. The van der Waals surface area contributed by atoms with Crippen molar-refractivity contribution < 1.29 is 4.39 Å². The first kappa shape index (κ1) is 19.8. The summed E-state index contributed by atoms with van der Waals surface area (Å²) in [6.45, 7) is 1.75. The van der Waals surface area contributed by atoms with Crippen LogP contribution in [-0.4, -0.2) is 28.0 Å².